The molecule has 0 aliphatic heterocycles. The number of benzene rings is 2. The van der Waals surface area contributed by atoms with Crippen LogP contribution >= 0.6 is 0 Å². The summed E-state index contributed by atoms with van der Waals surface area (Å²) in [6, 6.07) is 13.6. The summed E-state index contributed by atoms with van der Waals surface area (Å²) in [7, 11) is -8.92. The van der Waals surface area contributed by atoms with E-state index in [-0.39, 0.29) is 9.79 Å². The van der Waals surface area contributed by atoms with Crippen LogP contribution in [-0.2, 0) is 17.7 Å². The van der Waals surface area contributed by atoms with Gasteiger partial charge in [-0.2, -0.15) is 0 Å². The van der Waals surface area contributed by atoms with Crippen LogP contribution in [0.25, 0.3) is 0 Å². The molecule has 0 N–H and O–H groups in total. The minimum Gasteiger partial charge on any atom is -0.207 e. The molecule has 128 valence electrons. The van der Waals surface area contributed by atoms with Gasteiger partial charge < -0.3 is 0 Å². The first-order valence-electron chi connectivity index (χ1n) is 8.08. The van der Waals surface area contributed by atoms with Gasteiger partial charge in [0.1, 0.15) is 0 Å². The van der Waals surface area contributed by atoms with Crippen LogP contribution in [0.1, 0.15) is 43.6 Å². The first-order valence-corrected chi connectivity index (χ1v) is 11.6. The second-order valence-electron chi connectivity index (χ2n) is 6.13. The fraction of sp³-hybridized carbons (Fsp3) is 0.333. The molecule has 6 heteroatoms. The summed E-state index contributed by atoms with van der Waals surface area (Å²) in [6.45, 7) is 0. The molecule has 3 rings (SSSR count). The van der Waals surface area contributed by atoms with Gasteiger partial charge in [0.15, 0.2) is 0 Å². The maximum absolute atomic E-state index is 12.6. The zero-order valence-electron chi connectivity index (χ0n) is 13.3. The van der Waals surface area contributed by atoms with Crippen LogP contribution in [0.4, 0.5) is 0 Å². The Balaban J connectivity index is 1.93. The highest BCUT2D eigenvalue weighted by Gasteiger charge is 2.33. The lowest BCUT2D eigenvalue weighted by Crippen LogP contribution is -2.16. The molecular weight excluding hydrogens is 344 g/mol. The van der Waals surface area contributed by atoms with Crippen molar-refractivity contribution in [2.75, 3.05) is 0 Å². The van der Waals surface area contributed by atoms with Crippen molar-refractivity contribution >= 4 is 17.7 Å². The van der Waals surface area contributed by atoms with Crippen molar-refractivity contribution in [3.63, 3.8) is 0 Å². The Morgan fingerprint density at radius 1 is 0.625 bits per heavy atom. The average molecular weight is 364 g/mol. The van der Waals surface area contributed by atoms with Crippen molar-refractivity contribution in [1.29, 1.82) is 0 Å². The molecule has 0 atom stereocenters. The molecule has 1 aliphatic rings. The van der Waals surface area contributed by atoms with Gasteiger partial charge in [-0.15, -0.1) is 0 Å². The summed E-state index contributed by atoms with van der Waals surface area (Å²) in [4.78, 5) is -0.382. The predicted octanol–water partition coefficient (Wildman–Crippen LogP) is 3.90. The lowest BCUT2D eigenvalue weighted by Gasteiger charge is -2.22. The summed E-state index contributed by atoms with van der Waals surface area (Å²) in [5, 5.41) is 0. The molecule has 2 aromatic rings. The van der Waals surface area contributed by atoms with Gasteiger partial charge in [-0.05, 0) is 48.6 Å². The van der Waals surface area contributed by atoms with Crippen LogP contribution in [0.3, 0.4) is 0 Å². The SMILES string of the molecule is O=S(=O)(c1ccccc1)S(=O)(=O)c1ccc(C2CCCCC2)cc1. The van der Waals surface area contributed by atoms with Gasteiger partial charge in [0.05, 0.1) is 9.79 Å². The number of hydrogen-bond acceptors (Lipinski definition) is 4. The van der Waals surface area contributed by atoms with Gasteiger partial charge >= 0.3 is 0 Å². The highest BCUT2D eigenvalue weighted by molar-refractivity contribution is 8.67. The molecule has 0 radical (unpaired) electrons. The molecule has 1 aliphatic carbocycles. The molecule has 0 spiro atoms. The molecule has 0 heterocycles. The van der Waals surface area contributed by atoms with Crippen LogP contribution < -0.4 is 0 Å². The summed E-state index contributed by atoms with van der Waals surface area (Å²) < 4.78 is 50.0. The van der Waals surface area contributed by atoms with Crippen molar-refractivity contribution in [3.8, 4) is 0 Å². The Labute approximate surface area is 142 Å². The maximum Gasteiger partial charge on any atom is 0.286 e. The first-order chi connectivity index (χ1) is 11.4. The van der Waals surface area contributed by atoms with E-state index in [1.807, 2.05) is 0 Å². The molecule has 0 bridgehead atoms. The molecule has 2 aromatic carbocycles. The third-order valence-corrected chi connectivity index (χ3v) is 9.73. The van der Waals surface area contributed by atoms with Crippen molar-refractivity contribution in [1.82, 2.24) is 0 Å². The van der Waals surface area contributed by atoms with E-state index in [0.717, 1.165) is 18.4 Å². The van der Waals surface area contributed by atoms with Crippen LogP contribution in [0.5, 0.6) is 0 Å². The fourth-order valence-electron chi connectivity index (χ4n) is 3.18. The molecule has 1 saturated carbocycles. The average Bonchev–Trinajstić information content (AvgIpc) is 2.63. The smallest absolute Gasteiger partial charge is 0.207 e. The summed E-state index contributed by atoms with van der Waals surface area (Å²) in [5.41, 5.74) is 1.09. The summed E-state index contributed by atoms with van der Waals surface area (Å²) in [5.74, 6) is 0.446. The fourth-order valence-corrected chi connectivity index (χ4v) is 6.84. The van der Waals surface area contributed by atoms with E-state index in [2.05, 4.69) is 0 Å². The van der Waals surface area contributed by atoms with E-state index < -0.39 is 17.7 Å². The van der Waals surface area contributed by atoms with Gasteiger partial charge in [-0.1, -0.05) is 49.6 Å². The van der Waals surface area contributed by atoms with E-state index in [9.17, 15) is 16.8 Å². The van der Waals surface area contributed by atoms with Crippen molar-refractivity contribution < 1.29 is 16.8 Å². The van der Waals surface area contributed by atoms with Gasteiger partial charge in [0.2, 0.25) is 0 Å². The lowest BCUT2D eigenvalue weighted by atomic mass is 9.84. The molecule has 0 unspecified atom stereocenters. The molecule has 0 aromatic heterocycles. The topological polar surface area (TPSA) is 68.3 Å². The zero-order valence-corrected chi connectivity index (χ0v) is 14.9. The second-order valence-corrected chi connectivity index (χ2v) is 11.5. The Hall–Kier alpha value is -1.66. The van der Waals surface area contributed by atoms with Crippen molar-refractivity contribution in [3.05, 3.63) is 60.2 Å². The van der Waals surface area contributed by atoms with Crippen LogP contribution in [0.15, 0.2) is 64.4 Å². The zero-order chi connectivity index (χ0) is 17.2. The third-order valence-electron chi connectivity index (χ3n) is 4.57. The largest absolute Gasteiger partial charge is 0.286 e. The standard InChI is InChI=1S/C18H20O4S2/c19-23(20,17-9-5-2-6-10-17)24(21,22)18-13-11-16(12-14-18)15-7-3-1-4-8-15/h2,5-6,9-15H,1,3-4,7-8H2. The van der Waals surface area contributed by atoms with E-state index in [0.29, 0.717) is 5.92 Å². The van der Waals surface area contributed by atoms with Crippen molar-refractivity contribution in [2.45, 2.75) is 47.8 Å². The van der Waals surface area contributed by atoms with Gasteiger partial charge in [0, 0.05) is 0 Å². The lowest BCUT2D eigenvalue weighted by molar-refractivity contribution is 0.443. The molecular formula is C18H20O4S2. The molecule has 0 saturated heterocycles. The van der Waals surface area contributed by atoms with E-state index >= 15 is 0 Å². The van der Waals surface area contributed by atoms with Crippen LogP contribution in [0, 0.1) is 0 Å². The molecule has 1 fully saturated rings. The van der Waals surface area contributed by atoms with E-state index in [1.54, 1.807) is 18.2 Å². The minimum atomic E-state index is -4.47. The van der Waals surface area contributed by atoms with E-state index in [4.69, 9.17) is 0 Å². The Kier molecular flexibility index (Phi) is 4.78. The summed E-state index contributed by atoms with van der Waals surface area (Å²) >= 11 is 0. The Morgan fingerprint density at radius 3 is 1.67 bits per heavy atom. The quantitative estimate of drug-likeness (QED) is 0.772. The first kappa shape index (κ1) is 17.2. The predicted molar refractivity (Wildman–Crippen MR) is 93.1 cm³/mol. The van der Waals surface area contributed by atoms with E-state index in [1.165, 1.54) is 55.7 Å². The molecule has 0 amide bonds. The highest BCUT2D eigenvalue weighted by Crippen LogP contribution is 2.33. The molecule has 24 heavy (non-hydrogen) atoms. The normalized spacial score (nSPS) is 16.8. The monoisotopic (exact) mass is 364 g/mol. The minimum absolute atomic E-state index is 0.175. The number of rotatable bonds is 4. The number of hydrogen-bond donors (Lipinski definition) is 0. The Morgan fingerprint density at radius 2 is 1.12 bits per heavy atom. The van der Waals surface area contributed by atoms with Gasteiger partial charge in [0.25, 0.3) is 17.7 Å². The second kappa shape index (κ2) is 6.69. The van der Waals surface area contributed by atoms with Crippen LogP contribution in [-0.4, -0.2) is 16.8 Å². The molecule has 4 nitrogen and oxygen atoms in total. The van der Waals surface area contributed by atoms with Crippen LogP contribution in [0.2, 0.25) is 0 Å². The maximum atomic E-state index is 12.6. The summed E-state index contributed by atoms with van der Waals surface area (Å²) in [6.07, 6.45) is 5.83. The van der Waals surface area contributed by atoms with Gasteiger partial charge in [-0.25, -0.2) is 16.8 Å². The third kappa shape index (κ3) is 3.13. The van der Waals surface area contributed by atoms with Gasteiger partial charge in [-0.3, -0.25) is 0 Å². The Bertz CT molecular complexity index is 893. The van der Waals surface area contributed by atoms with Crippen molar-refractivity contribution in [2.24, 2.45) is 0 Å². The highest BCUT2D eigenvalue weighted by atomic mass is 33.2.